The average molecular weight is 500 g/mol. The van der Waals surface area contributed by atoms with Crippen LogP contribution in [0.4, 0.5) is 0 Å². The first kappa shape index (κ1) is 46.9. The summed E-state index contributed by atoms with van der Waals surface area (Å²) in [5.74, 6) is 0. The van der Waals surface area contributed by atoms with Crippen molar-refractivity contribution in [2.75, 3.05) is 109 Å². The molecule has 1 unspecified atom stereocenters. The summed E-state index contributed by atoms with van der Waals surface area (Å²) in [5.41, 5.74) is 9.88. The van der Waals surface area contributed by atoms with Gasteiger partial charge in [-0.3, -0.25) is 9.80 Å². The van der Waals surface area contributed by atoms with Gasteiger partial charge in [-0.1, -0.05) is 48.0 Å². The van der Waals surface area contributed by atoms with E-state index in [1.807, 2.05) is 39.8 Å². The highest BCUT2D eigenvalue weighted by Crippen LogP contribution is 1.87. The Morgan fingerprint density at radius 1 is 0.765 bits per heavy atom. The number of hydrogen-bond acceptors (Lipinski definition) is 9. The number of nitrogens with two attached hydrogens (primary N) is 2. The van der Waals surface area contributed by atoms with E-state index >= 15 is 0 Å². The van der Waals surface area contributed by atoms with Crippen molar-refractivity contribution in [2.24, 2.45) is 11.5 Å². The van der Waals surface area contributed by atoms with Gasteiger partial charge in [-0.15, -0.1) is 0 Å². The summed E-state index contributed by atoms with van der Waals surface area (Å²) in [5, 5.41) is 12.1. The number of aliphatic hydroxyl groups is 1. The molecule has 9 heteroatoms. The monoisotopic (exact) mass is 500 g/mol. The predicted octanol–water partition coefficient (Wildman–Crippen LogP) is 1.86. The van der Waals surface area contributed by atoms with Crippen molar-refractivity contribution in [3.63, 3.8) is 0 Å². The van der Waals surface area contributed by atoms with Gasteiger partial charge < -0.3 is 36.4 Å². The molecule has 0 heterocycles. The second-order valence-electron chi connectivity index (χ2n) is 8.29. The SMILES string of the molecule is CCC.CCN.CCN(C)C.CCN(C)CN(C)C.CCNCN.CCOCC(O)CN(C)C. The predicted molar refractivity (Wildman–Crippen MR) is 156 cm³/mol. The van der Waals surface area contributed by atoms with Crippen molar-refractivity contribution in [1.82, 2.24) is 24.9 Å². The molecule has 0 fully saturated rings. The van der Waals surface area contributed by atoms with E-state index in [0.717, 1.165) is 32.8 Å². The number of likely N-dealkylation sites (N-methyl/N-ethyl adjacent to an activating group) is 1. The molecular formula is C25H69N7O2. The van der Waals surface area contributed by atoms with Crippen LogP contribution in [0.2, 0.25) is 0 Å². The van der Waals surface area contributed by atoms with Gasteiger partial charge in [-0.2, -0.15) is 0 Å². The van der Waals surface area contributed by atoms with Crippen LogP contribution >= 0.6 is 0 Å². The molecule has 0 aliphatic rings. The summed E-state index contributed by atoms with van der Waals surface area (Å²) in [7, 11) is 14.2. The first-order valence-electron chi connectivity index (χ1n) is 12.8. The lowest BCUT2D eigenvalue weighted by Gasteiger charge is -2.18. The zero-order chi connectivity index (χ0) is 28.4. The lowest BCUT2D eigenvalue weighted by Crippen LogP contribution is -2.29. The molecule has 0 aliphatic heterocycles. The topological polar surface area (TPSA) is 106 Å². The van der Waals surface area contributed by atoms with Crippen LogP contribution in [0.3, 0.4) is 0 Å². The first-order chi connectivity index (χ1) is 15.8. The molecule has 0 amide bonds. The molecule has 9 nitrogen and oxygen atoms in total. The Morgan fingerprint density at radius 2 is 1.18 bits per heavy atom. The van der Waals surface area contributed by atoms with E-state index in [-0.39, 0.29) is 6.10 Å². The summed E-state index contributed by atoms with van der Waals surface area (Å²) in [6, 6.07) is 0. The van der Waals surface area contributed by atoms with Gasteiger partial charge in [0, 0.05) is 26.5 Å². The van der Waals surface area contributed by atoms with Crippen LogP contribution in [-0.4, -0.2) is 139 Å². The summed E-state index contributed by atoms with van der Waals surface area (Å²) in [6.07, 6.45) is 0.898. The fraction of sp³-hybridized carbons (Fsp3) is 1.00. The maximum absolute atomic E-state index is 9.18. The minimum absolute atomic E-state index is 0.352. The molecule has 0 spiro atoms. The van der Waals surface area contributed by atoms with Gasteiger partial charge in [0.1, 0.15) is 0 Å². The van der Waals surface area contributed by atoms with E-state index < -0.39 is 0 Å². The van der Waals surface area contributed by atoms with Crippen molar-refractivity contribution < 1.29 is 9.84 Å². The molecule has 0 aromatic rings. The number of ether oxygens (including phenoxy) is 1. The standard InChI is InChI=1S/C7H17NO2.C6H16N2.C4H11N.C3H10N2.C3H8.C2H7N/c1-4-10-6-7(9)5-8(2)3;1-5-8(4)6-7(2)3;1-4-5(2)3;1-2-5-3-4;1-3-2;1-2-3/h7,9H,4-6H2,1-3H3;5-6H2,1-4H3;4H2,1-3H3;5H,2-4H2,1H3;3H2,1-2H3;2-3H2,1H3. The Labute approximate surface area is 216 Å². The average Bonchev–Trinajstić information content (AvgIpc) is 2.74. The first-order valence-corrected chi connectivity index (χ1v) is 12.8. The largest absolute Gasteiger partial charge is 0.389 e. The quantitative estimate of drug-likeness (QED) is 0.317. The number of nitrogens with zero attached hydrogens (tertiary/aromatic N) is 4. The molecule has 0 saturated carbocycles. The summed E-state index contributed by atoms with van der Waals surface area (Å²) >= 11 is 0. The third-order valence-electron chi connectivity index (χ3n) is 3.18. The molecule has 216 valence electrons. The van der Waals surface area contributed by atoms with E-state index in [0.29, 0.717) is 26.4 Å². The smallest absolute Gasteiger partial charge is 0.0899 e. The Bertz CT molecular complexity index is 282. The highest BCUT2D eigenvalue weighted by Gasteiger charge is 2.03. The van der Waals surface area contributed by atoms with Crippen molar-refractivity contribution in [3.8, 4) is 0 Å². The Kier molecular flexibility index (Phi) is 63.5. The third kappa shape index (κ3) is 95.5. The molecule has 0 aliphatic carbocycles. The number of rotatable bonds is 11. The van der Waals surface area contributed by atoms with Gasteiger partial charge >= 0.3 is 0 Å². The Hall–Kier alpha value is -0.360. The zero-order valence-electron chi connectivity index (χ0n) is 25.9. The second kappa shape index (κ2) is 46.0. The summed E-state index contributed by atoms with van der Waals surface area (Å²) in [6.45, 7) is 21.8. The molecule has 0 aromatic carbocycles. The molecule has 0 bridgehead atoms. The van der Waals surface area contributed by atoms with Gasteiger partial charge in [0.2, 0.25) is 0 Å². The van der Waals surface area contributed by atoms with E-state index in [2.05, 4.69) is 82.9 Å². The number of hydrogen-bond donors (Lipinski definition) is 4. The fourth-order valence-electron chi connectivity index (χ4n) is 1.46. The Balaban J connectivity index is -0.0000000734. The second-order valence-corrected chi connectivity index (χ2v) is 8.29. The van der Waals surface area contributed by atoms with Crippen LogP contribution in [0.15, 0.2) is 0 Å². The lowest BCUT2D eigenvalue weighted by molar-refractivity contribution is 0.0292. The summed E-state index contributed by atoms with van der Waals surface area (Å²) < 4.78 is 5.02. The van der Waals surface area contributed by atoms with E-state index in [4.69, 9.17) is 16.2 Å². The highest BCUT2D eigenvalue weighted by atomic mass is 16.5. The van der Waals surface area contributed by atoms with E-state index in [1.165, 1.54) is 6.42 Å². The van der Waals surface area contributed by atoms with E-state index in [1.54, 1.807) is 0 Å². The van der Waals surface area contributed by atoms with Crippen molar-refractivity contribution >= 4 is 0 Å². The summed E-state index contributed by atoms with van der Waals surface area (Å²) in [4.78, 5) is 8.47. The molecule has 6 N–H and O–H groups in total. The van der Waals surface area contributed by atoms with Crippen LogP contribution in [0, 0.1) is 0 Å². The maximum Gasteiger partial charge on any atom is 0.0899 e. The Morgan fingerprint density at radius 3 is 1.32 bits per heavy atom. The normalized spacial score (nSPS) is 10.5. The van der Waals surface area contributed by atoms with Crippen LogP contribution in [-0.2, 0) is 4.74 Å². The molecule has 0 rings (SSSR count). The molecule has 0 aromatic heterocycles. The van der Waals surface area contributed by atoms with Gasteiger partial charge in [-0.25, -0.2) is 0 Å². The molecule has 0 radical (unpaired) electrons. The number of aliphatic hydroxyl groups excluding tert-OH is 1. The van der Waals surface area contributed by atoms with Crippen LogP contribution in [0.25, 0.3) is 0 Å². The molecule has 1 atom stereocenters. The van der Waals surface area contributed by atoms with Gasteiger partial charge in [-0.05, 0) is 82.4 Å². The van der Waals surface area contributed by atoms with Crippen molar-refractivity contribution in [3.05, 3.63) is 0 Å². The molecule has 0 saturated heterocycles. The fourth-order valence-corrected chi connectivity index (χ4v) is 1.46. The van der Waals surface area contributed by atoms with Gasteiger partial charge in [0.25, 0.3) is 0 Å². The lowest BCUT2D eigenvalue weighted by atomic mass is 10.3. The number of nitrogens with one attached hydrogen (secondary N) is 1. The molecular weight excluding hydrogens is 430 g/mol. The van der Waals surface area contributed by atoms with E-state index in [9.17, 15) is 5.11 Å². The van der Waals surface area contributed by atoms with Gasteiger partial charge in [0.15, 0.2) is 0 Å². The van der Waals surface area contributed by atoms with Crippen molar-refractivity contribution in [2.45, 2.75) is 61.0 Å². The minimum atomic E-state index is -0.352. The van der Waals surface area contributed by atoms with Crippen molar-refractivity contribution in [1.29, 1.82) is 0 Å². The maximum atomic E-state index is 9.18. The van der Waals surface area contributed by atoms with Crippen LogP contribution in [0.1, 0.15) is 54.9 Å². The zero-order valence-corrected chi connectivity index (χ0v) is 25.9. The minimum Gasteiger partial charge on any atom is -0.389 e. The highest BCUT2D eigenvalue weighted by molar-refractivity contribution is 4.56. The van der Waals surface area contributed by atoms with Crippen LogP contribution < -0.4 is 16.8 Å². The van der Waals surface area contributed by atoms with Gasteiger partial charge in [0.05, 0.1) is 12.7 Å². The van der Waals surface area contributed by atoms with Crippen LogP contribution in [0.5, 0.6) is 0 Å². The molecule has 34 heavy (non-hydrogen) atoms. The third-order valence-corrected chi connectivity index (χ3v) is 3.18.